The molecule has 0 aliphatic heterocycles. The topological polar surface area (TPSA) is 93.8 Å². The molecule has 2 aromatic heterocycles. The Labute approximate surface area is 186 Å². The van der Waals surface area contributed by atoms with Crippen molar-refractivity contribution in [1.29, 1.82) is 0 Å². The number of benzene rings is 1. The van der Waals surface area contributed by atoms with Crippen LogP contribution in [0.5, 0.6) is 5.75 Å². The summed E-state index contributed by atoms with van der Waals surface area (Å²) in [6, 6.07) is 10.8. The third-order valence-corrected chi connectivity index (χ3v) is 4.12. The number of hydrogen-bond acceptors (Lipinski definition) is 9. The minimum atomic E-state index is -0.482. The number of aromatic nitrogens is 3. The van der Waals surface area contributed by atoms with Crippen LogP contribution >= 0.6 is 0 Å². The van der Waals surface area contributed by atoms with Crippen LogP contribution < -0.4 is 4.74 Å². The summed E-state index contributed by atoms with van der Waals surface area (Å²) in [5.74, 6) is 0.838. The highest BCUT2D eigenvalue weighted by Gasteiger charge is 2.21. The van der Waals surface area contributed by atoms with Gasteiger partial charge in [0.05, 0.1) is 12.7 Å². The minimum Gasteiger partial charge on any atom is -0.465 e. The van der Waals surface area contributed by atoms with Crippen molar-refractivity contribution < 1.29 is 18.8 Å². The number of esters is 1. The zero-order valence-corrected chi connectivity index (χ0v) is 18.6. The molecular weight excluding hydrogens is 410 g/mol. The van der Waals surface area contributed by atoms with Gasteiger partial charge in [0, 0.05) is 64.1 Å². The van der Waals surface area contributed by atoms with Crippen LogP contribution in [0.25, 0.3) is 22.7 Å². The lowest BCUT2D eigenvalue weighted by Crippen LogP contribution is -2.12. The molecule has 0 atom stereocenters. The molecule has 0 radical (unpaired) electrons. The van der Waals surface area contributed by atoms with Gasteiger partial charge in [-0.2, -0.15) is 4.98 Å². The maximum Gasteiger partial charge on any atom is 0.340 e. The van der Waals surface area contributed by atoms with Crippen molar-refractivity contribution in [2.75, 3.05) is 35.3 Å². The molecule has 9 nitrogen and oxygen atoms in total. The Bertz CT molecular complexity index is 1120. The third-order valence-electron chi connectivity index (χ3n) is 4.12. The van der Waals surface area contributed by atoms with E-state index in [9.17, 15) is 4.79 Å². The van der Waals surface area contributed by atoms with Crippen LogP contribution in [0.2, 0.25) is 0 Å². The van der Waals surface area contributed by atoms with Gasteiger partial charge in [0.2, 0.25) is 11.6 Å². The largest absolute Gasteiger partial charge is 0.465 e. The number of carbonyl (C=O) groups is 1. The molecule has 9 heteroatoms. The van der Waals surface area contributed by atoms with Gasteiger partial charge in [-0.15, -0.1) is 0 Å². The van der Waals surface area contributed by atoms with E-state index in [1.165, 1.54) is 7.11 Å². The van der Waals surface area contributed by atoms with Crippen molar-refractivity contribution in [3.8, 4) is 17.1 Å². The molecule has 32 heavy (non-hydrogen) atoms. The lowest BCUT2D eigenvalue weighted by atomic mass is 10.1. The van der Waals surface area contributed by atoms with E-state index in [0.717, 1.165) is 0 Å². The average Bonchev–Trinajstić information content (AvgIpc) is 3.27. The molecule has 0 saturated heterocycles. The number of pyridine rings is 1. The van der Waals surface area contributed by atoms with Gasteiger partial charge < -0.3 is 23.8 Å². The molecule has 0 aliphatic carbocycles. The van der Waals surface area contributed by atoms with Crippen LogP contribution in [0, 0.1) is 0 Å². The van der Waals surface area contributed by atoms with Gasteiger partial charge in [-0.1, -0.05) is 23.4 Å². The highest BCUT2D eigenvalue weighted by molar-refractivity contribution is 6.17. The first-order valence-electron chi connectivity index (χ1n) is 9.75. The van der Waals surface area contributed by atoms with Gasteiger partial charge in [-0.3, -0.25) is 4.98 Å². The van der Waals surface area contributed by atoms with Crippen molar-refractivity contribution in [3.05, 3.63) is 72.6 Å². The number of ether oxygens (including phenoxy) is 2. The second-order valence-electron chi connectivity index (χ2n) is 7.22. The molecular formula is C23H25N5O4. The first-order chi connectivity index (χ1) is 15.4. The molecule has 0 aliphatic rings. The lowest BCUT2D eigenvalue weighted by Gasteiger charge is -2.16. The first-order valence-corrected chi connectivity index (χ1v) is 9.75. The van der Waals surface area contributed by atoms with Gasteiger partial charge in [0.25, 0.3) is 5.89 Å². The van der Waals surface area contributed by atoms with E-state index in [2.05, 4.69) is 15.1 Å². The summed E-state index contributed by atoms with van der Waals surface area (Å²) in [6.45, 7) is 0. The van der Waals surface area contributed by atoms with E-state index in [1.54, 1.807) is 52.8 Å². The maximum absolute atomic E-state index is 12.5. The summed E-state index contributed by atoms with van der Waals surface area (Å²) in [7, 11) is 8.68. The molecule has 1 aromatic carbocycles. The summed E-state index contributed by atoms with van der Waals surface area (Å²) >= 11 is 0. The van der Waals surface area contributed by atoms with E-state index in [0.29, 0.717) is 34.0 Å². The first kappa shape index (κ1) is 22.5. The number of carbonyl (C=O) groups excluding carboxylic acids is 1. The summed E-state index contributed by atoms with van der Waals surface area (Å²) in [6.07, 6.45) is 6.71. The van der Waals surface area contributed by atoms with E-state index in [-0.39, 0.29) is 5.89 Å². The molecule has 0 amide bonds. The predicted octanol–water partition coefficient (Wildman–Crippen LogP) is 3.15. The molecule has 3 rings (SSSR count). The summed E-state index contributed by atoms with van der Waals surface area (Å²) in [5.41, 5.74) is 1.62. The zero-order valence-electron chi connectivity index (χ0n) is 18.6. The SMILES string of the molecule is COC(=O)/C(=C/N(C)C)c1ccccc1O/C(=C\N(C)C)c1nc(-c2cccnc2)no1. The number of nitrogens with zero attached hydrogens (tertiary/aromatic N) is 5. The highest BCUT2D eigenvalue weighted by atomic mass is 16.5. The highest BCUT2D eigenvalue weighted by Crippen LogP contribution is 2.31. The predicted molar refractivity (Wildman–Crippen MR) is 120 cm³/mol. The Hall–Kier alpha value is -4.14. The van der Waals surface area contributed by atoms with Gasteiger partial charge in [-0.25, -0.2) is 4.79 Å². The van der Waals surface area contributed by atoms with E-state index in [4.69, 9.17) is 14.0 Å². The van der Waals surface area contributed by atoms with E-state index >= 15 is 0 Å². The smallest absolute Gasteiger partial charge is 0.340 e. The van der Waals surface area contributed by atoms with Gasteiger partial charge in [0.15, 0.2) is 0 Å². The molecule has 0 fully saturated rings. The molecule has 0 bridgehead atoms. The van der Waals surface area contributed by atoms with Crippen LogP contribution in [0.4, 0.5) is 0 Å². The number of rotatable bonds is 8. The normalized spacial score (nSPS) is 11.8. The van der Waals surface area contributed by atoms with Gasteiger partial charge >= 0.3 is 5.97 Å². The Balaban J connectivity index is 2.02. The van der Waals surface area contributed by atoms with Crippen LogP contribution in [-0.2, 0) is 9.53 Å². The van der Waals surface area contributed by atoms with Crippen LogP contribution in [0.3, 0.4) is 0 Å². The van der Waals surface area contributed by atoms with Gasteiger partial charge in [0.1, 0.15) is 5.75 Å². The molecule has 0 saturated carbocycles. The summed E-state index contributed by atoms with van der Waals surface area (Å²) < 4.78 is 16.6. The van der Waals surface area contributed by atoms with Crippen LogP contribution in [0.1, 0.15) is 11.5 Å². The van der Waals surface area contributed by atoms with Crippen LogP contribution in [-0.4, -0.2) is 66.2 Å². The lowest BCUT2D eigenvalue weighted by molar-refractivity contribution is -0.133. The summed E-state index contributed by atoms with van der Waals surface area (Å²) in [4.78, 5) is 24.5. The second-order valence-corrected chi connectivity index (χ2v) is 7.22. The van der Waals surface area contributed by atoms with Crippen molar-refractivity contribution >= 4 is 17.3 Å². The fraction of sp³-hybridized carbons (Fsp3) is 0.217. The Morgan fingerprint density at radius 3 is 2.44 bits per heavy atom. The Morgan fingerprint density at radius 1 is 1.03 bits per heavy atom. The molecule has 3 aromatic rings. The standard InChI is InChI=1S/C23H25N5O4/c1-27(2)14-18(23(29)30-5)17-10-6-7-11-19(17)31-20(15-28(3)4)22-25-21(26-32-22)16-9-8-12-24-13-16/h6-15H,1-5H3/b18-14+,20-15-. The molecule has 0 N–H and O–H groups in total. The third kappa shape index (κ3) is 5.51. The van der Waals surface area contributed by atoms with Crippen molar-refractivity contribution in [2.45, 2.75) is 0 Å². The van der Waals surface area contributed by atoms with Crippen molar-refractivity contribution in [3.63, 3.8) is 0 Å². The maximum atomic E-state index is 12.5. The average molecular weight is 435 g/mol. The number of hydrogen-bond donors (Lipinski definition) is 0. The molecule has 166 valence electrons. The molecule has 2 heterocycles. The fourth-order valence-corrected chi connectivity index (χ4v) is 2.79. The van der Waals surface area contributed by atoms with Crippen molar-refractivity contribution in [1.82, 2.24) is 24.9 Å². The fourth-order valence-electron chi connectivity index (χ4n) is 2.79. The molecule has 0 unspecified atom stereocenters. The second kappa shape index (κ2) is 10.3. The Morgan fingerprint density at radius 2 is 1.78 bits per heavy atom. The number of methoxy groups -OCH3 is 1. The van der Waals surface area contributed by atoms with E-state index < -0.39 is 5.97 Å². The van der Waals surface area contributed by atoms with Gasteiger partial charge in [-0.05, 0) is 18.2 Å². The van der Waals surface area contributed by atoms with E-state index in [1.807, 2.05) is 46.4 Å². The number of para-hydroxylation sites is 1. The Kier molecular flexibility index (Phi) is 7.22. The summed E-state index contributed by atoms with van der Waals surface area (Å²) in [5, 5.41) is 4.04. The van der Waals surface area contributed by atoms with Crippen LogP contribution in [0.15, 0.2) is 65.7 Å². The monoisotopic (exact) mass is 435 g/mol. The zero-order chi connectivity index (χ0) is 23.1. The molecule has 0 spiro atoms. The van der Waals surface area contributed by atoms with Crippen molar-refractivity contribution in [2.24, 2.45) is 0 Å². The minimum absolute atomic E-state index is 0.184. The quantitative estimate of drug-likeness (QED) is 0.300.